The zero-order chi connectivity index (χ0) is 14.9. The lowest BCUT2D eigenvalue weighted by molar-refractivity contribution is 0.0701. The van der Waals surface area contributed by atoms with E-state index in [4.69, 9.17) is 0 Å². The molecule has 0 saturated carbocycles. The van der Waals surface area contributed by atoms with Crippen LogP contribution in [-0.2, 0) is 0 Å². The Morgan fingerprint density at radius 2 is 2.15 bits per heavy atom. The van der Waals surface area contributed by atoms with Crippen LogP contribution in [0.3, 0.4) is 0 Å². The van der Waals surface area contributed by atoms with Gasteiger partial charge in [0, 0.05) is 0 Å². The van der Waals surface area contributed by atoms with Gasteiger partial charge >= 0.3 is 5.97 Å². The molecule has 1 atom stereocenters. The van der Waals surface area contributed by atoms with Gasteiger partial charge in [-0.05, 0) is 18.4 Å². The topological polar surface area (TPSA) is 95.3 Å². The minimum atomic E-state index is -0.959. The molecule has 20 heavy (non-hydrogen) atoms. The molecule has 0 radical (unpaired) electrons. The molecule has 2 heterocycles. The molecule has 108 valence electrons. The summed E-state index contributed by atoms with van der Waals surface area (Å²) in [5, 5.41) is 22.5. The molecule has 0 aliphatic rings. The monoisotopic (exact) mass is 295 g/mol. The molecule has 0 spiro atoms. The number of rotatable bonds is 5. The third kappa shape index (κ3) is 2.59. The van der Waals surface area contributed by atoms with E-state index in [1.54, 1.807) is 6.92 Å². The maximum absolute atomic E-state index is 11.2. The number of nitrogens with zero attached hydrogens (tertiary/aromatic N) is 2. The van der Waals surface area contributed by atoms with Gasteiger partial charge in [0.25, 0.3) is 0 Å². The molecule has 0 unspecified atom stereocenters. The summed E-state index contributed by atoms with van der Waals surface area (Å²) in [4.78, 5) is 20.4. The minimum Gasteiger partial charge on any atom is -0.477 e. The smallest absolute Gasteiger partial charge is 0.346 e. The number of carbonyl (C=O) groups is 1. The minimum absolute atomic E-state index is 0.0157. The standard InChI is InChI=1S/C13H17N3O3S/c1-6(2)8(4-17)16-11-9-7(3)10(13(18)19)20-12(9)15-5-14-11/h5-6,8,17H,4H2,1-3H3,(H,18,19)(H,14,15,16)/t8-/m0/s1. The third-order valence-corrected chi connectivity index (χ3v) is 4.43. The van der Waals surface area contributed by atoms with Crippen LogP contribution >= 0.6 is 11.3 Å². The average Bonchev–Trinajstić information content (AvgIpc) is 2.74. The van der Waals surface area contributed by atoms with Crippen LogP contribution in [0.2, 0.25) is 0 Å². The zero-order valence-corrected chi connectivity index (χ0v) is 12.4. The summed E-state index contributed by atoms with van der Waals surface area (Å²) in [5.74, 6) is -0.161. The quantitative estimate of drug-likeness (QED) is 0.782. The number of anilines is 1. The lowest BCUT2D eigenvalue weighted by atomic mass is 10.1. The average molecular weight is 295 g/mol. The van der Waals surface area contributed by atoms with Crippen molar-refractivity contribution in [3.8, 4) is 0 Å². The molecule has 7 heteroatoms. The molecule has 0 aliphatic carbocycles. The van der Waals surface area contributed by atoms with E-state index in [-0.39, 0.29) is 23.4 Å². The first-order chi connectivity index (χ1) is 9.45. The summed E-state index contributed by atoms with van der Waals surface area (Å²) in [6.45, 7) is 5.73. The van der Waals surface area contributed by atoms with E-state index < -0.39 is 5.97 Å². The van der Waals surface area contributed by atoms with Crippen LogP contribution < -0.4 is 5.32 Å². The molecule has 6 nitrogen and oxygen atoms in total. The highest BCUT2D eigenvalue weighted by Crippen LogP contribution is 2.33. The molecule has 2 aromatic rings. The number of aliphatic hydroxyl groups is 1. The van der Waals surface area contributed by atoms with Crippen molar-refractivity contribution in [3.05, 3.63) is 16.8 Å². The van der Waals surface area contributed by atoms with Crippen molar-refractivity contribution in [1.82, 2.24) is 9.97 Å². The van der Waals surface area contributed by atoms with E-state index in [0.717, 1.165) is 11.3 Å². The fourth-order valence-corrected chi connectivity index (χ4v) is 2.97. The van der Waals surface area contributed by atoms with Crippen LogP contribution in [-0.4, -0.2) is 38.8 Å². The Morgan fingerprint density at radius 3 is 2.70 bits per heavy atom. The van der Waals surface area contributed by atoms with Crippen LogP contribution in [0.5, 0.6) is 0 Å². The second-order valence-electron chi connectivity index (χ2n) is 4.94. The van der Waals surface area contributed by atoms with E-state index in [9.17, 15) is 15.0 Å². The van der Waals surface area contributed by atoms with Gasteiger partial charge in [-0.15, -0.1) is 11.3 Å². The maximum Gasteiger partial charge on any atom is 0.346 e. The highest BCUT2D eigenvalue weighted by Gasteiger charge is 2.20. The van der Waals surface area contributed by atoms with Crippen LogP contribution in [0.4, 0.5) is 5.82 Å². The second-order valence-corrected chi connectivity index (χ2v) is 5.94. The number of aryl methyl sites for hydroxylation is 1. The van der Waals surface area contributed by atoms with Crippen molar-refractivity contribution in [3.63, 3.8) is 0 Å². The molecular formula is C13H17N3O3S. The fourth-order valence-electron chi connectivity index (χ4n) is 1.98. The first-order valence-electron chi connectivity index (χ1n) is 6.30. The van der Waals surface area contributed by atoms with Crippen LogP contribution in [0.1, 0.15) is 29.1 Å². The summed E-state index contributed by atoms with van der Waals surface area (Å²) in [6, 6.07) is -0.138. The van der Waals surface area contributed by atoms with Gasteiger partial charge in [-0.3, -0.25) is 0 Å². The number of hydrogen-bond donors (Lipinski definition) is 3. The van der Waals surface area contributed by atoms with Crippen molar-refractivity contribution in [2.45, 2.75) is 26.8 Å². The molecule has 0 bridgehead atoms. The number of aliphatic hydroxyl groups excluding tert-OH is 1. The van der Waals surface area contributed by atoms with E-state index in [1.165, 1.54) is 6.33 Å². The van der Waals surface area contributed by atoms with Gasteiger partial charge in [0.05, 0.1) is 18.0 Å². The first-order valence-corrected chi connectivity index (χ1v) is 7.12. The molecule has 0 amide bonds. The molecule has 0 saturated heterocycles. The van der Waals surface area contributed by atoms with Crippen molar-refractivity contribution in [2.24, 2.45) is 5.92 Å². The van der Waals surface area contributed by atoms with Crippen LogP contribution in [0.15, 0.2) is 6.33 Å². The van der Waals surface area contributed by atoms with Gasteiger partial charge in [-0.2, -0.15) is 0 Å². The van der Waals surface area contributed by atoms with Crippen LogP contribution in [0, 0.1) is 12.8 Å². The zero-order valence-electron chi connectivity index (χ0n) is 11.5. The molecule has 0 aliphatic heterocycles. The molecule has 0 fully saturated rings. The molecule has 2 rings (SSSR count). The number of nitrogens with one attached hydrogen (secondary N) is 1. The van der Waals surface area contributed by atoms with Crippen molar-refractivity contribution >= 4 is 33.3 Å². The van der Waals surface area contributed by atoms with Gasteiger partial charge in [0.2, 0.25) is 0 Å². The summed E-state index contributed by atoms with van der Waals surface area (Å²) in [7, 11) is 0. The SMILES string of the molecule is Cc1c(C(=O)O)sc2ncnc(N[C@@H](CO)C(C)C)c12. The van der Waals surface area contributed by atoms with Gasteiger partial charge in [0.1, 0.15) is 21.9 Å². The number of aromatic nitrogens is 2. The first kappa shape index (κ1) is 14.7. The number of fused-ring (bicyclic) bond motifs is 1. The third-order valence-electron chi connectivity index (χ3n) is 3.24. The Balaban J connectivity index is 2.51. The van der Waals surface area contributed by atoms with E-state index in [2.05, 4.69) is 15.3 Å². The fraction of sp³-hybridized carbons (Fsp3) is 0.462. The maximum atomic E-state index is 11.2. The molecule has 0 aromatic carbocycles. The number of carboxylic acid groups (broad SMARTS) is 1. The Labute approximate surface area is 120 Å². The Kier molecular flexibility index (Phi) is 4.20. The van der Waals surface area contributed by atoms with Crippen molar-refractivity contribution in [1.29, 1.82) is 0 Å². The van der Waals surface area contributed by atoms with Gasteiger partial charge in [-0.1, -0.05) is 13.8 Å². The Morgan fingerprint density at radius 1 is 1.45 bits per heavy atom. The molecule has 2 aromatic heterocycles. The highest BCUT2D eigenvalue weighted by molar-refractivity contribution is 7.20. The lowest BCUT2D eigenvalue weighted by Crippen LogP contribution is -2.30. The van der Waals surface area contributed by atoms with Crippen molar-refractivity contribution < 1.29 is 15.0 Å². The Hall–Kier alpha value is -1.73. The van der Waals surface area contributed by atoms with E-state index >= 15 is 0 Å². The summed E-state index contributed by atoms with van der Waals surface area (Å²) in [6.07, 6.45) is 1.40. The summed E-state index contributed by atoms with van der Waals surface area (Å²) < 4.78 is 0. The predicted octanol–water partition coefficient (Wildman–Crippen LogP) is 2.13. The number of thiophene rings is 1. The largest absolute Gasteiger partial charge is 0.477 e. The van der Waals surface area contributed by atoms with Gasteiger partial charge < -0.3 is 15.5 Å². The summed E-state index contributed by atoms with van der Waals surface area (Å²) in [5.41, 5.74) is 0.654. The number of aromatic carboxylic acids is 1. The molecular weight excluding hydrogens is 278 g/mol. The van der Waals surface area contributed by atoms with E-state index in [0.29, 0.717) is 21.6 Å². The molecule has 3 N–H and O–H groups in total. The highest BCUT2D eigenvalue weighted by atomic mass is 32.1. The van der Waals surface area contributed by atoms with Crippen LogP contribution in [0.25, 0.3) is 10.2 Å². The number of carboxylic acids is 1. The Bertz CT molecular complexity index is 639. The summed E-state index contributed by atoms with van der Waals surface area (Å²) >= 11 is 1.14. The van der Waals surface area contributed by atoms with E-state index in [1.807, 2.05) is 13.8 Å². The lowest BCUT2D eigenvalue weighted by Gasteiger charge is -2.20. The normalized spacial score (nSPS) is 12.8. The predicted molar refractivity (Wildman–Crippen MR) is 78.4 cm³/mol. The van der Waals surface area contributed by atoms with Gasteiger partial charge in [-0.25, -0.2) is 14.8 Å². The second kappa shape index (κ2) is 5.72. The van der Waals surface area contributed by atoms with Gasteiger partial charge in [0.15, 0.2) is 0 Å². The van der Waals surface area contributed by atoms with Crippen molar-refractivity contribution in [2.75, 3.05) is 11.9 Å². The number of hydrogen-bond acceptors (Lipinski definition) is 6.